The number of nitrogens with one attached hydrogen (secondary N) is 1. The van der Waals surface area contributed by atoms with Crippen molar-refractivity contribution in [1.29, 1.82) is 0 Å². The molecule has 3 aromatic rings. The fraction of sp³-hybridized carbons (Fsp3) is 0.321. The van der Waals surface area contributed by atoms with Crippen molar-refractivity contribution in [2.45, 2.75) is 37.5 Å². The molecule has 2 heterocycles. The van der Waals surface area contributed by atoms with E-state index in [0.29, 0.717) is 24.9 Å². The normalized spacial score (nSPS) is 20.9. The lowest BCUT2D eigenvalue weighted by molar-refractivity contribution is -0.129. The standard InChI is InChI=1S/C28H29N3O4S/c1-2-34-21-14-12-20(13-15-21)29-28-31(18-22-9-6-16-35-22)27(33)25(36-28)17-26(32)30-24-11-5-8-19-7-3-4-10-23(19)24/h3-5,7-8,10-15,22,25H,2,6,9,16-18H2,1H3,(H,30,32)/t22-,25-/m0/s1. The van der Waals surface area contributed by atoms with Crippen LogP contribution >= 0.6 is 11.8 Å². The molecule has 2 amide bonds. The lowest BCUT2D eigenvalue weighted by Crippen LogP contribution is -2.38. The van der Waals surface area contributed by atoms with E-state index in [-0.39, 0.29) is 24.3 Å². The molecule has 2 atom stereocenters. The summed E-state index contributed by atoms with van der Waals surface area (Å²) >= 11 is 1.34. The first-order valence-corrected chi connectivity index (χ1v) is 13.2. The van der Waals surface area contributed by atoms with Crippen LogP contribution in [0.15, 0.2) is 71.7 Å². The number of aliphatic imine (C=N–C) groups is 1. The highest BCUT2D eigenvalue weighted by Crippen LogP contribution is 2.34. The SMILES string of the molecule is CCOc1ccc(N=C2S[C@@H](CC(=O)Nc3cccc4ccccc34)C(=O)N2C[C@@H]2CCCO2)cc1. The molecular formula is C28H29N3O4S. The van der Waals surface area contributed by atoms with Gasteiger partial charge in [0.2, 0.25) is 11.8 Å². The van der Waals surface area contributed by atoms with Gasteiger partial charge in [0.1, 0.15) is 11.0 Å². The Balaban J connectivity index is 1.33. The first-order chi connectivity index (χ1) is 17.6. The Morgan fingerprint density at radius 2 is 1.94 bits per heavy atom. The van der Waals surface area contributed by atoms with Crippen LogP contribution in [0.25, 0.3) is 10.8 Å². The molecule has 2 fully saturated rings. The second-order valence-electron chi connectivity index (χ2n) is 8.79. The molecule has 0 bridgehead atoms. The number of thioether (sulfide) groups is 1. The molecule has 0 spiro atoms. The molecule has 8 heteroatoms. The van der Waals surface area contributed by atoms with Gasteiger partial charge in [-0.3, -0.25) is 14.5 Å². The monoisotopic (exact) mass is 503 g/mol. The van der Waals surface area contributed by atoms with Crippen molar-refractivity contribution in [3.05, 3.63) is 66.7 Å². The maximum Gasteiger partial charge on any atom is 0.242 e. The van der Waals surface area contributed by atoms with E-state index in [2.05, 4.69) is 5.32 Å². The summed E-state index contributed by atoms with van der Waals surface area (Å²) in [6, 6.07) is 21.2. The number of carbonyl (C=O) groups excluding carboxylic acids is 2. The zero-order valence-corrected chi connectivity index (χ0v) is 21.0. The molecule has 0 aliphatic carbocycles. The van der Waals surface area contributed by atoms with Gasteiger partial charge in [0.05, 0.1) is 24.9 Å². The van der Waals surface area contributed by atoms with Gasteiger partial charge in [0.25, 0.3) is 0 Å². The summed E-state index contributed by atoms with van der Waals surface area (Å²) in [6.45, 7) is 3.69. The minimum absolute atomic E-state index is 0.0108. The molecular weight excluding hydrogens is 474 g/mol. The summed E-state index contributed by atoms with van der Waals surface area (Å²) in [4.78, 5) is 32.8. The van der Waals surface area contributed by atoms with Gasteiger partial charge in [-0.2, -0.15) is 0 Å². The predicted octanol–water partition coefficient (Wildman–Crippen LogP) is 5.38. The van der Waals surface area contributed by atoms with Crippen LogP contribution in [0.4, 0.5) is 11.4 Å². The molecule has 2 aliphatic rings. The summed E-state index contributed by atoms with van der Waals surface area (Å²) in [5.74, 6) is 0.473. The molecule has 1 N–H and O–H groups in total. The zero-order valence-electron chi connectivity index (χ0n) is 20.2. The van der Waals surface area contributed by atoms with Gasteiger partial charge >= 0.3 is 0 Å². The van der Waals surface area contributed by atoms with E-state index in [9.17, 15) is 9.59 Å². The van der Waals surface area contributed by atoms with E-state index in [1.165, 1.54) is 11.8 Å². The van der Waals surface area contributed by atoms with Crippen molar-refractivity contribution in [1.82, 2.24) is 4.90 Å². The summed E-state index contributed by atoms with van der Waals surface area (Å²) in [7, 11) is 0. The van der Waals surface area contributed by atoms with E-state index in [0.717, 1.165) is 40.7 Å². The number of carbonyl (C=O) groups is 2. The largest absolute Gasteiger partial charge is 0.494 e. The molecule has 186 valence electrons. The maximum absolute atomic E-state index is 13.4. The Morgan fingerprint density at radius 3 is 2.72 bits per heavy atom. The van der Waals surface area contributed by atoms with Crippen molar-refractivity contribution in [3.63, 3.8) is 0 Å². The Hall–Kier alpha value is -3.36. The van der Waals surface area contributed by atoms with Crippen LogP contribution in [0.2, 0.25) is 0 Å². The van der Waals surface area contributed by atoms with Crippen LogP contribution in [0, 0.1) is 0 Å². The minimum atomic E-state index is -0.539. The van der Waals surface area contributed by atoms with Crippen LogP contribution in [-0.2, 0) is 14.3 Å². The molecule has 3 aromatic carbocycles. The van der Waals surface area contributed by atoms with Gasteiger partial charge < -0.3 is 14.8 Å². The fourth-order valence-electron chi connectivity index (χ4n) is 4.48. The first kappa shape index (κ1) is 24.3. The smallest absolute Gasteiger partial charge is 0.242 e. The van der Waals surface area contributed by atoms with Gasteiger partial charge in [-0.15, -0.1) is 0 Å². The molecule has 2 saturated heterocycles. The number of rotatable bonds is 8. The van der Waals surface area contributed by atoms with Gasteiger partial charge in [-0.05, 0) is 55.5 Å². The zero-order chi connectivity index (χ0) is 24.9. The number of ether oxygens (including phenoxy) is 2. The highest BCUT2D eigenvalue weighted by molar-refractivity contribution is 8.15. The number of hydrogen-bond acceptors (Lipinski definition) is 6. The average Bonchev–Trinajstić information content (AvgIpc) is 3.50. The van der Waals surface area contributed by atoms with E-state index in [4.69, 9.17) is 14.5 Å². The summed E-state index contributed by atoms with van der Waals surface area (Å²) in [6.07, 6.45) is 1.96. The molecule has 5 rings (SSSR count). The number of amidine groups is 1. The Kier molecular flexibility index (Phi) is 7.53. The lowest BCUT2D eigenvalue weighted by Gasteiger charge is -2.20. The minimum Gasteiger partial charge on any atom is -0.494 e. The van der Waals surface area contributed by atoms with Crippen molar-refractivity contribution < 1.29 is 19.1 Å². The highest BCUT2D eigenvalue weighted by atomic mass is 32.2. The molecule has 0 aromatic heterocycles. The van der Waals surface area contributed by atoms with Crippen molar-refractivity contribution in [2.24, 2.45) is 4.99 Å². The maximum atomic E-state index is 13.4. The Labute approximate surface area is 214 Å². The van der Waals surface area contributed by atoms with E-state index in [1.54, 1.807) is 4.90 Å². The van der Waals surface area contributed by atoms with Crippen LogP contribution < -0.4 is 10.1 Å². The predicted molar refractivity (Wildman–Crippen MR) is 144 cm³/mol. The lowest BCUT2D eigenvalue weighted by atomic mass is 10.1. The van der Waals surface area contributed by atoms with Crippen molar-refractivity contribution in [3.8, 4) is 5.75 Å². The number of amides is 2. The fourth-order valence-corrected chi connectivity index (χ4v) is 5.65. The molecule has 7 nitrogen and oxygen atoms in total. The topological polar surface area (TPSA) is 80.2 Å². The summed E-state index contributed by atoms with van der Waals surface area (Å²) in [5.41, 5.74) is 1.47. The first-order valence-electron chi connectivity index (χ1n) is 12.3. The Morgan fingerprint density at radius 1 is 1.14 bits per heavy atom. The summed E-state index contributed by atoms with van der Waals surface area (Å²) < 4.78 is 11.3. The molecule has 0 unspecified atom stereocenters. The van der Waals surface area contributed by atoms with E-state index >= 15 is 0 Å². The van der Waals surface area contributed by atoms with Crippen LogP contribution in [0.1, 0.15) is 26.2 Å². The average molecular weight is 504 g/mol. The van der Waals surface area contributed by atoms with Gasteiger partial charge in [-0.25, -0.2) is 4.99 Å². The number of benzene rings is 3. The number of anilines is 1. The third-order valence-electron chi connectivity index (χ3n) is 6.24. The second-order valence-corrected chi connectivity index (χ2v) is 9.96. The van der Waals surface area contributed by atoms with Crippen LogP contribution in [0.5, 0.6) is 5.75 Å². The summed E-state index contributed by atoms with van der Waals surface area (Å²) in [5, 5.41) is 5.08. The molecule has 36 heavy (non-hydrogen) atoms. The number of nitrogens with zero attached hydrogens (tertiary/aromatic N) is 2. The van der Waals surface area contributed by atoms with Gasteiger partial charge in [0, 0.05) is 24.1 Å². The van der Waals surface area contributed by atoms with E-state index < -0.39 is 5.25 Å². The van der Waals surface area contributed by atoms with Crippen LogP contribution in [-0.4, -0.2) is 53.0 Å². The quantitative estimate of drug-likeness (QED) is 0.447. The molecule has 0 radical (unpaired) electrons. The van der Waals surface area contributed by atoms with Crippen molar-refractivity contribution in [2.75, 3.05) is 25.1 Å². The van der Waals surface area contributed by atoms with Crippen molar-refractivity contribution >= 4 is 50.9 Å². The Bertz CT molecular complexity index is 1270. The third kappa shape index (κ3) is 5.55. The number of fused-ring (bicyclic) bond motifs is 1. The second kappa shape index (κ2) is 11.1. The van der Waals surface area contributed by atoms with E-state index in [1.807, 2.05) is 73.7 Å². The van der Waals surface area contributed by atoms with Gasteiger partial charge in [0.15, 0.2) is 5.17 Å². The highest BCUT2D eigenvalue weighted by Gasteiger charge is 2.40. The third-order valence-corrected chi connectivity index (χ3v) is 7.41. The number of hydrogen-bond donors (Lipinski definition) is 1. The van der Waals surface area contributed by atoms with Crippen LogP contribution in [0.3, 0.4) is 0 Å². The molecule has 2 aliphatic heterocycles. The van der Waals surface area contributed by atoms with Gasteiger partial charge in [-0.1, -0.05) is 48.2 Å². The molecule has 0 saturated carbocycles.